The summed E-state index contributed by atoms with van der Waals surface area (Å²) >= 11 is 0. The highest BCUT2D eigenvalue weighted by Gasteiger charge is 2.12. The van der Waals surface area contributed by atoms with Gasteiger partial charge in [0.15, 0.2) is 11.6 Å². The van der Waals surface area contributed by atoms with Crippen LogP contribution in [0.1, 0.15) is 18.5 Å². The lowest BCUT2D eigenvalue weighted by Crippen LogP contribution is -2.21. The van der Waals surface area contributed by atoms with Crippen LogP contribution in [0.25, 0.3) is 0 Å². The summed E-state index contributed by atoms with van der Waals surface area (Å²) in [7, 11) is 0. The minimum absolute atomic E-state index is 0.0234. The SMILES string of the molecule is CCOc1cccnc1NC(CN)c1ccccc1. The van der Waals surface area contributed by atoms with E-state index in [0.29, 0.717) is 13.2 Å². The zero-order valence-corrected chi connectivity index (χ0v) is 11.0. The molecule has 0 aliphatic carbocycles. The van der Waals surface area contributed by atoms with Gasteiger partial charge in [-0.15, -0.1) is 0 Å². The summed E-state index contributed by atoms with van der Waals surface area (Å²) in [6, 6.07) is 13.9. The van der Waals surface area contributed by atoms with Crippen molar-refractivity contribution in [3.05, 3.63) is 54.2 Å². The van der Waals surface area contributed by atoms with Gasteiger partial charge < -0.3 is 15.8 Å². The van der Waals surface area contributed by atoms with Crippen molar-refractivity contribution >= 4 is 5.82 Å². The summed E-state index contributed by atoms with van der Waals surface area (Å²) in [5, 5.41) is 3.34. The number of ether oxygens (including phenoxy) is 1. The molecule has 1 unspecified atom stereocenters. The Kier molecular flexibility index (Phi) is 4.75. The Labute approximate surface area is 113 Å². The standard InChI is InChI=1S/C15H19N3O/c1-2-19-14-9-6-10-17-15(14)18-13(11-16)12-7-4-3-5-8-12/h3-10,13H,2,11,16H2,1H3,(H,17,18). The summed E-state index contributed by atoms with van der Waals surface area (Å²) in [4.78, 5) is 4.32. The van der Waals surface area contributed by atoms with E-state index < -0.39 is 0 Å². The Bertz CT molecular complexity index is 502. The van der Waals surface area contributed by atoms with Gasteiger partial charge in [0.05, 0.1) is 12.6 Å². The quantitative estimate of drug-likeness (QED) is 0.835. The van der Waals surface area contributed by atoms with Crippen LogP contribution in [0.4, 0.5) is 5.82 Å². The topological polar surface area (TPSA) is 60.2 Å². The molecule has 0 aliphatic rings. The van der Waals surface area contributed by atoms with E-state index in [1.165, 1.54) is 0 Å². The molecule has 1 atom stereocenters. The van der Waals surface area contributed by atoms with Crippen molar-refractivity contribution in [1.29, 1.82) is 0 Å². The summed E-state index contributed by atoms with van der Waals surface area (Å²) in [6.07, 6.45) is 1.74. The van der Waals surface area contributed by atoms with E-state index >= 15 is 0 Å². The summed E-state index contributed by atoms with van der Waals surface area (Å²) in [5.41, 5.74) is 6.98. The first-order valence-corrected chi connectivity index (χ1v) is 6.44. The lowest BCUT2D eigenvalue weighted by atomic mass is 10.1. The van der Waals surface area contributed by atoms with Crippen molar-refractivity contribution < 1.29 is 4.74 Å². The van der Waals surface area contributed by atoms with E-state index in [1.807, 2.05) is 49.4 Å². The number of rotatable bonds is 6. The number of aromatic nitrogens is 1. The van der Waals surface area contributed by atoms with Crippen LogP contribution in [0.2, 0.25) is 0 Å². The van der Waals surface area contributed by atoms with Gasteiger partial charge in [0, 0.05) is 12.7 Å². The molecule has 4 heteroatoms. The first kappa shape index (κ1) is 13.4. The molecule has 4 nitrogen and oxygen atoms in total. The van der Waals surface area contributed by atoms with Gasteiger partial charge in [-0.3, -0.25) is 0 Å². The minimum atomic E-state index is 0.0234. The molecule has 0 saturated heterocycles. The van der Waals surface area contributed by atoms with Crippen molar-refractivity contribution in [2.75, 3.05) is 18.5 Å². The molecule has 2 rings (SSSR count). The number of pyridine rings is 1. The van der Waals surface area contributed by atoms with Crippen LogP contribution in [0.3, 0.4) is 0 Å². The first-order valence-electron chi connectivity index (χ1n) is 6.44. The fourth-order valence-corrected chi connectivity index (χ4v) is 1.90. The van der Waals surface area contributed by atoms with Crippen LogP contribution >= 0.6 is 0 Å². The predicted molar refractivity (Wildman–Crippen MR) is 77.3 cm³/mol. The highest BCUT2D eigenvalue weighted by Crippen LogP contribution is 2.25. The summed E-state index contributed by atoms with van der Waals surface area (Å²) in [5.74, 6) is 1.48. The van der Waals surface area contributed by atoms with Crippen LogP contribution in [0.5, 0.6) is 5.75 Å². The molecule has 0 amide bonds. The smallest absolute Gasteiger partial charge is 0.169 e. The number of nitrogens with one attached hydrogen (secondary N) is 1. The maximum Gasteiger partial charge on any atom is 0.169 e. The van der Waals surface area contributed by atoms with Gasteiger partial charge in [-0.05, 0) is 24.6 Å². The Morgan fingerprint density at radius 2 is 2.00 bits per heavy atom. The Morgan fingerprint density at radius 3 is 2.68 bits per heavy atom. The van der Waals surface area contributed by atoms with Gasteiger partial charge in [-0.25, -0.2) is 4.98 Å². The molecule has 1 heterocycles. The van der Waals surface area contributed by atoms with E-state index in [-0.39, 0.29) is 6.04 Å². The van der Waals surface area contributed by atoms with Gasteiger partial charge in [0.1, 0.15) is 0 Å². The van der Waals surface area contributed by atoms with E-state index in [9.17, 15) is 0 Å². The van der Waals surface area contributed by atoms with Gasteiger partial charge in [0.25, 0.3) is 0 Å². The molecule has 19 heavy (non-hydrogen) atoms. The molecule has 0 bridgehead atoms. The van der Waals surface area contributed by atoms with Crippen molar-refractivity contribution in [2.24, 2.45) is 5.73 Å². The molecule has 0 saturated carbocycles. The highest BCUT2D eigenvalue weighted by atomic mass is 16.5. The lowest BCUT2D eigenvalue weighted by Gasteiger charge is -2.19. The summed E-state index contributed by atoms with van der Waals surface area (Å²) in [6.45, 7) is 3.06. The van der Waals surface area contributed by atoms with Crippen molar-refractivity contribution in [3.8, 4) is 5.75 Å². The van der Waals surface area contributed by atoms with Crippen LogP contribution in [0, 0.1) is 0 Å². The zero-order chi connectivity index (χ0) is 13.5. The molecule has 100 valence electrons. The highest BCUT2D eigenvalue weighted by molar-refractivity contribution is 5.51. The van der Waals surface area contributed by atoms with Crippen molar-refractivity contribution in [3.63, 3.8) is 0 Å². The lowest BCUT2D eigenvalue weighted by molar-refractivity contribution is 0.340. The monoisotopic (exact) mass is 257 g/mol. The fraction of sp³-hybridized carbons (Fsp3) is 0.267. The number of nitrogens with zero attached hydrogens (tertiary/aromatic N) is 1. The Morgan fingerprint density at radius 1 is 1.21 bits per heavy atom. The predicted octanol–water partition coefficient (Wildman–Crippen LogP) is 2.59. The van der Waals surface area contributed by atoms with Crippen LogP contribution < -0.4 is 15.8 Å². The Hall–Kier alpha value is -2.07. The molecule has 1 aromatic heterocycles. The number of nitrogens with two attached hydrogens (primary N) is 1. The van der Waals surface area contributed by atoms with Crippen molar-refractivity contribution in [2.45, 2.75) is 13.0 Å². The second kappa shape index (κ2) is 6.75. The maximum atomic E-state index is 5.85. The number of hydrogen-bond acceptors (Lipinski definition) is 4. The van der Waals surface area contributed by atoms with Gasteiger partial charge >= 0.3 is 0 Å². The third-order valence-corrected chi connectivity index (χ3v) is 2.82. The van der Waals surface area contributed by atoms with Crippen LogP contribution in [0.15, 0.2) is 48.7 Å². The third-order valence-electron chi connectivity index (χ3n) is 2.82. The molecule has 0 spiro atoms. The van der Waals surface area contributed by atoms with Gasteiger partial charge in [-0.2, -0.15) is 0 Å². The number of benzene rings is 1. The van der Waals surface area contributed by atoms with Crippen LogP contribution in [-0.2, 0) is 0 Å². The zero-order valence-electron chi connectivity index (χ0n) is 11.0. The van der Waals surface area contributed by atoms with E-state index in [1.54, 1.807) is 6.20 Å². The Balaban J connectivity index is 2.19. The number of anilines is 1. The second-order valence-electron chi connectivity index (χ2n) is 4.13. The largest absolute Gasteiger partial charge is 0.490 e. The fourth-order valence-electron chi connectivity index (χ4n) is 1.90. The molecule has 2 aromatic rings. The van der Waals surface area contributed by atoms with Gasteiger partial charge in [-0.1, -0.05) is 30.3 Å². The maximum absolute atomic E-state index is 5.85. The molecule has 0 aliphatic heterocycles. The average molecular weight is 257 g/mol. The molecule has 1 aromatic carbocycles. The van der Waals surface area contributed by atoms with Crippen molar-refractivity contribution in [1.82, 2.24) is 4.98 Å². The van der Waals surface area contributed by atoms with Gasteiger partial charge in [0.2, 0.25) is 0 Å². The number of hydrogen-bond donors (Lipinski definition) is 2. The van der Waals surface area contributed by atoms with E-state index in [0.717, 1.165) is 17.1 Å². The average Bonchev–Trinajstić information content (AvgIpc) is 2.47. The van der Waals surface area contributed by atoms with E-state index in [2.05, 4.69) is 10.3 Å². The summed E-state index contributed by atoms with van der Waals surface area (Å²) < 4.78 is 5.55. The normalized spacial score (nSPS) is 11.9. The molecular weight excluding hydrogens is 238 g/mol. The molecule has 0 fully saturated rings. The second-order valence-corrected chi connectivity index (χ2v) is 4.13. The minimum Gasteiger partial charge on any atom is -0.490 e. The van der Waals surface area contributed by atoms with Crippen LogP contribution in [-0.4, -0.2) is 18.1 Å². The third kappa shape index (κ3) is 3.45. The van der Waals surface area contributed by atoms with E-state index in [4.69, 9.17) is 10.5 Å². The molecule has 3 N–H and O–H groups in total. The molecular formula is C15H19N3O. The first-order chi connectivity index (χ1) is 9.35. The molecule has 0 radical (unpaired) electrons.